The fraction of sp³-hybridized carbons (Fsp3) is 0.385. The fourth-order valence-corrected chi connectivity index (χ4v) is 2.87. The summed E-state index contributed by atoms with van der Waals surface area (Å²) >= 11 is 11.8. The number of nitrogens with one attached hydrogen (secondary N) is 1. The smallest absolute Gasteiger partial charge is 0.255 e. The maximum Gasteiger partial charge on any atom is 0.255 e. The van der Waals surface area contributed by atoms with Crippen molar-refractivity contribution < 1.29 is 9.90 Å². The number of carbonyl (C=O) groups is 1. The lowest BCUT2D eigenvalue weighted by molar-refractivity contribution is 0.0381. The van der Waals surface area contributed by atoms with Gasteiger partial charge in [0, 0.05) is 13.0 Å². The number of aromatic amines is 1. The van der Waals surface area contributed by atoms with Gasteiger partial charge in [0.1, 0.15) is 16.4 Å². The van der Waals surface area contributed by atoms with E-state index >= 15 is 0 Å². The van der Waals surface area contributed by atoms with Crippen molar-refractivity contribution in [3.63, 3.8) is 0 Å². The second-order valence-corrected chi connectivity index (χ2v) is 6.02. The van der Waals surface area contributed by atoms with Crippen LogP contribution in [0, 0.1) is 6.92 Å². The Hall–Kier alpha value is -1.70. The number of aliphatic hydroxyl groups is 1. The average Bonchev–Trinajstić information content (AvgIpc) is 3.12. The summed E-state index contributed by atoms with van der Waals surface area (Å²) < 4.78 is 0. The van der Waals surface area contributed by atoms with Gasteiger partial charge in [-0.2, -0.15) is 15.4 Å². The second kappa shape index (κ2) is 5.49. The van der Waals surface area contributed by atoms with Gasteiger partial charge in [0.2, 0.25) is 0 Å². The summed E-state index contributed by atoms with van der Waals surface area (Å²) in [5, 5.41) is 21.1. The number of rotatable bonds is 2. The molecule has 2 aromatic rings. The van der Waals surface area contributed by atoms with Crippen LogP contribution in [-0.4, -0.2) is 49.4 Å². The van der Waals surface area contributed by atoms with Crippen LogP contribution in [0.1, 0.15) is 28.2 Å². The number of H-pyrrole nitrogens is 1. The first kappa shape index (κ1) is 15.2. The molecule has 1 atom stereocenters. The molecule has 1 amide bonds. The van der Waals surface area contributed by atoms with E-state index < -0.39 is 5.60 Å². The molecule has 9 heteroatoms. The molecule has 1 aliphatic heterocycles. The third-order valence-corrected chi connectivity index (χ3v) is 4.45. The van der Waals surface area contributed by atoms with Crippen LogP contribution in [0.4, 0.5) is 0 Å². The summed E-state index contributed by atoms with van der Waals surface area (Å²) in [5.41, 5.74) is 0.0992. The number of pyridine rings is 1. The SMILES string of the molecule is Cc1nc(Cl)c(Cl)cc1C(=O)N1CCC(O)(c2cn[nH]n2)C1. The van der Waals surface area contributed by atoms with Crippen LogP contribution in [-0.2, 0) is 5.60 Å². The van der Waals surface area contributed by atoms with Gasteiger partial charge in [-0.25, -0.2) is 4.98 Å². The van der Waals surface area contributed by atoms with Crippen molar-refractivity contribution >= 4 is 29.1 Å². The van der Waals surface area contributed by atoms with Crippen molar-refractivity contribution in [3.05, 3.63) is 39.4 Å². The van der Waals surface area contributed by atoms with E-state index in [-0.39, 0.29) is 22.6 Å². The number of nitrogens with zero attached hydrogens (tertiary/aromatic N) is 4. The Bertz CT molecular complexity index is 721. The molecular weight excluding hydrogens is 329 g/mol. The number of likely N-dealkylation sites (tertiary alicyclic amines) is 1. The molecule has 7 nitrogen and oxygen atoms in total. The van der Waals surface area contributed by atoms with E-state index in [9.17, 15) is 9.90 Å². The highest BCUT2D eigenvalue weighted by atomic mass is 35.5. The van der Waals surface area contributed by atoms with Gasteiger partial charge in [0.15, 0.2) is 0 Å². The van der Waals surface area contributed by atoms with Gasteiger partial charge < -0.3 is 10.0 Å². The average molecular weight is 342 g/mol. The molecule has 0 spiro atoms. The lowest BCUT2D eigenvalue weighted by Gasteiger charge is -2.21. The first-order valence-corrected chi connectivity index (χ1v) is 7.37. The summed E-state index contributed by atoms with van der Waals surface area (Å²) in [4.78, 5) is 18.2. The van der Waals surface area contributed by atoms with E-state index in [1.54, 1.807) is 11.8 Å². The van der Waals surface area contributed by atoms with E-state index in [0.717, 1.165) is 0 Å². The van der Waals surface area contributed by atoms with Crippen LogP contribution >= 0.6 is 23.2 Å². The highest BCUT2D eigenvalue weighted by molar-refractivity contribution is 6.41. The summed E-state index contributed by atoms with van der Waals surface area (Å²) in [6.45, 7) is 2.23. The number of hydrogen-bond donors (Lipinski definition) is 2. The maximum absolute atomic E-state index is 12.6. The molecule has 116 valence electrons. The Labute approximate surface area is 136 Å². The molecule has 22 heavy (non-hydrogen) atoms. The monoisotopic (exact) mass is 341 g/mol. The van der Waals surface area contributed by atoms with E-state index in [4.69, 9.17) is 23.2 Å². The molecule has 0 bridgehead atoms. The number of aromatic nitrogens is 4. The van der Waals surface area contributed by atoms with Gasteiger partial charge in [-0.15, -0.1) is 0 Å². The summed E-state index contributed by atoms with van der Waals surface area (Å²) in [7, 11) is 0. The van der Waals surface area contributed by atoms with E-state index in [1.807, 2.05) is 0 Å². The largest absolute Gasteiger partial charge is 0.381 e. The number of halogens is 2. The molecule has 2 N–H and O–H groups in total. The lowest BCUT2D eigenvalue weighted by Crippen LogP contribution is -2.35. The molecule has 1 fully saturated rings. The van der Waals surface area contributed by atoms with Crippen molar-refractivity contribution in [2.45, 2.75) is 18.9 Å². The second-order valence-electron chi connectivity index (χ2n) is 5.26. The quantitative estimate of drug-likeness (QED) is 0.808. The van der Waals surface area contributed by atoms with Crippen LogP contribution < -0.4 is 0 Å². The van der Waals surface area contributed by atoms with Crippen LogP contribution in [0.5, 0.6) is 0 Å². The number of β-amino-alcohol motifs (C(OH)–C–C–N with tert-alkyl or cyclic N) is 1. The molecule has 0 saturated carbocycles. The van der Waals surface area contributed by atoms with E-state index in [2.05, 4.69) is 20.4 Å². The molecule has 0 aromatic carbocycles. The highest BCUT2D eigenvalue weighted by Gasteiger charge is 2.42. The highest BCUT2D eigenvalue weighted by Crippen LogP contribution is 2.32. The zero-order valence-electron chi connectivity index (χ0n) is 11.7. The first-order chi connectivity index (χ1) is 10.4. The molecule has 3 heterocycles. The summed E-state index contributed by atoms with van der Waals surface area (Å²) in [6, 6.07) is 1.50. The van der Waals surface area contributed by atoms with Crippen molar-refractivity contribution in [1.29, 1.82) is 0 Å². The number of hydrogen-bond acceptors (Lipinski definition) is 5. The van der Waals surface area contributed by atoms with Gasteiger partial charge >= 0.3 is 0 Å². The van der Waals surface area contributed by atoms with Crippen LogP contribution in [0.2, 0.25) is 10.2 Å². The molecule has 0 radical (unpaired) electrons. The third kappa shape index (κ3) is 2.55. The van der Waals surface area contributed by atoms with Crippen LogP contribution in [0.15, 0.2) is 12.3 Å². The Kier molecular flexibility index (Phi) is 3.80. The normalized spacial score (nSPS) is 21.4. The minimum Gasteiger partial charge on any atom is -0.381 e. The predicted octanol–water partition coefficient (Wildman–Crippen LogP) is 1.55. The van der Waals surface area contributed by atoms with Crippen molar-refractivity contribution in [2.24, 2.45) is 0 Å². The van der Waals surface area contributed by atoms with E-state index in [0.29, 0.717) is 29.9 Å². The zero-order valence-corrected chi connectivity index (χ0v) is 13.2. The first-order valence-electron chi connectivity index (χ1n) is 6.61. The van der Waals surface area contributed by atoms with Gasteiger partial charge in [-0.05, 0) is 13.0 Å². The van der Waals surface area contributed by atoms with Gasteiger partial charge in [0.05, 0.1) is 29.0 Å². The van der Waals surface area contributed by atoms with Gasteiger partial charge in [0.25, 0.3) is 5.91 Å². The van der Waals surface area contributed by atoms with E-state index in [1.165, 1.54) is 12.3 Å². The minimum absolute atomic E-state index is 0.137. The Morgan fingerprint density at radius 3 is 2.95 bits per heavy atom. The molecule has 1 saturated heterocycles. The standard InChI is InChI=1S/C13H13Cl2N5O2/c1-7-8(4-9(14)11(15)17-7)12(21)20-3-2-13(22,6-20)10-5-16-19-18-10/h4-5,22H,2-3,6H2,1H3,(H,16,18,19). The molecular formula is C13H13Cl2N5O2. The zero-order chi connectivity index (χ0) is 15.9. The van der Waals surface area contributed by atoms with Crippen LogP contribution in [0.3, 0.4) is 0 Å². The van der Waals surface area contributed by atoms with Crippen molar-refractivity contribution in [3.8, 4) is 0 Å². The summed E-state index contributed by atoms with van der Waals surface area (Å²) in [6.07, 6.45) is 1.85. The maximum atomic E-state index is 12.6. The predicted molar refractivity (Wildman–Crippen MR) is 79.8 cm³/mol. The Balaban J connectivity index is 1.84. The molecule has 1 unspecified atom stereocenters. The number of carbonyl (C=O) groups excluding carboxylic acids is 1. The topological polar surface area (TPSA) is 95.0 Å². The van der Waals surface area contributed by atoms with Crippen LogP contribution in [0.25, 0.3) is 0 Å². The third-order valence-electron chi connectivity index (χ3n) is 3.78. The van der Waals surface area contributed by atoms with Gasteiger partial charge in [-0.1, -0.05) is 23.2 Å². The molecule has 3 rings (SSSR count). The molecule has 0 aliphatic carbocycles. The fourth-order valence-electron chi connectivity index (χ4n) is 2.54. The number of amides is 1. The molecule has 2 aromatic heterocycles. The Morgan fingerprint density at radius 1 is 1.50 bits per heavy atom. The lowest BCUT2D eigenvalue weighted by atomic mass is 10.00. The summed E-state index contributed by atoms with van der Waals surface area (Å²) in [5.74, 6) is -0.247. The van der Waals surface area contributed by atoms with Crippen molar-refractivity contribution in [2.75, 3.05) is 13.1 Å². The molecule has 1 aliphatic rings. The Morgan fingerprint density at radius 2 is 2.27 bits per heavy atom. The minimum atomic E-state index is -1.19. The number of aryl methyl sites for hydroxylation is 1. The van der Waals surface area contributed by atoms with Crippen molar-refractivity contribution in [1.82, 2.24) is 25.3 Å². The van der Waals surface area contributed by atoms with Gasteiger partial charge in [-0.3, -0.25) is 4.79 Å².